The lowest BCUT2D eigenvalue weighted by molar-refractivity contribution is 0.143. The van der Waals surface area contributed by atoms with Gasteiger partial charge in [0, 0.05) is 20.2 Å². The van der Waals surface area contributed by atoms with Crippen molar-refractivity contribution in [1.82, 2.24) is 15.0 Å². The van der Waals surface area contributed by atoms with Crippen LogP contribution < -0.4 is 20.9 Å². The number of nitrogen functional groups attached to an aromatic ring is 1. The van der Waals surface area contributed by atoms with E-state index in [9.17, 15) is 0 Å². The molecule has 1 aromatic rings. The van der Waals surface area contributed by atoms with E-state index >= 15 is 0 Å². The number of ether oxygens (including phenoxy) is 2. The van der Waals surface area contributed by atoms with Gasteiger partial charge in [0.2, 0.25) is 11.9 Å². The van der Waals surface area contributed by atoms with Crippen LogP contribution in [-0.4, -0.2) is 48.4 Å². The molecule has 0 saturated carbocycles. The average Bonchev–Trinajstić information content (AvgIpc) is 2.53. The summed E-state index contributed by atoms with van der Waals surface area (Å²) >= 11 is 0. The van der Waals surface area contributed by atoms with E-state index in [0.717, 1.165) is 39.0 Å². The van der Waals surface area contributed by atoms with E-state index in [-0.39, 0.29) is 0 Å². The molecule has 0 spiro atoms. The molecule has 0 amide bonds. The Morgan fingerprint density at radius 2 is 2.24 bits per heavy atom. The molecule has 0 aromatic carbocycles. The normalized spacial score (nSPS) is 18.6. The SMILES string of the molecule is CCCOc1nc(NN)nc(N2CCCC(COC)C2)n1. The molecule has 0 radical (unpaired) electrons. The summed E-state index contributed by atoms with van der Waals surface area (Å²) in [5.74, 6) is 6.84. The van der Waals surface area contributed by atoms with Crippen LogP contribution >= 0.6 is 0 Å². The molecule has 1 aromatic heterocycles. The summed E-state index contributed by atoms with van der Waals surface area (Å²) in [4.78, 5) is 14.9. The summed E-state index contributed by atoms with van der Waals surface area (Å²) in [6.45, 7) is 5.14. The van der Waals surface area contributed by atoms with Crippen molar-refractivity contribution in [2.45, 2.75) is 26.2 Å². The van der Waals surface area contributed by atoms with Gasteiger partial charge in [0.05, 0.1) is 13.2 Å². The first-order valence-electron chi connectivity index (χ1n) is 7.36. The van der Waals surface area contributed by atoms with Gasteiger partial charge in [-0.05, 0) is 25.2 Å². The molecule has 1 aliphatic rings. The second kappa shape index (κ2) is 7.94. The number of nitrogens with zero attached hydrogens (tertiary/aromatic N) is 4. The second-order valence-electron chi connectivity index (χ2n) is 5.14. The number of aromatic nitrogens is 3. The van der Waals surface area contributed by atoms with Gasteiger partial charge in [-0.2, -0.15) is 15.0 Å². The predicted molar refractivity (Wildman–Crippen MR) is 80.2 cm³/mol. The Labute approximate surface area is 125 Å². The molecule has 1 atom stereocenters. The Kier molecular flexibility index (Phi) is 5.94. The smallest absolute Gasteiger partial charge is 0.323 e. The minimum absolute atomic E-state index is 0.309. The first-order valence-corrected chi connectivity index (χ1v) is 7.36. The van der Waals surface area contributed by atoms with Gasteiger partial charge in [0.25, 0.3) is 0 Å². The van der Waals surface area contributed by atoms with Crippen molar-refractivity contribution >= 4 is 11.9 Å². The van der Waals surface area contributed by atoms with Crippen LogP contribution in [0.2, 0.25) is 0 Å². The van der Waals surface area contributed by atoms with Crippen molar-refractivity contribution in [2.24, 2.45) is 11.8 Å². The summed E-state index contributed by atoms with van der Waals surface area (Å²) in [7, 11) is 1.73. The lowest BCUT2D eigenvalue weighted by Crippen LogP contribution is -2.38. The summed E-state index contributed by atoms with van der Waals surface area (Å²) in [5.41, 5.74) is 2.47. The van der Waals surface area contributed by atoms with Gasteiger partial charge in [-0.15, -0.1) is 0 Å². The van der Waals surface area contributed by atoms with Crippen molar-refractivity contribution in [3.63, 3.8) is 0 Å². The maximum Gasteiger partial charge on any atom is 0.323 e. The third kappa shape index (κ3) is 4.40. The fourth-order valence-corrected chi connectivity index (χ4v) is 2.43. The van der Waals surface area contributed by atoms with Gasteiger partial charge in [-0.3, -0.25) is 5.43 Å². The number of nitrogens with two attached hydrogens (primary N) is 1. The molecule has 1 fully saturated rings. The zero-order valence-electron chi connectivity index (χ0n) is 12.7. The highest BCUT2D eigenvalue weighted by molar-refractivity contribution is 5.38. The van der Waals surface area contributed by atoms with Crippen LogP contribution in [0.15, 0.2) is 0 Å². The van der Waals surface area contributed by atoms with Crippen LogP contribution in [0.4, 0.5) is 11.9 Å². The zero-order valence-corrected chi connectivity index (χ0v) is 12.7. The van der Waals surface area contributed by atoms with Crippen LogP contribution in [0.5, 0.6) is 6.01 Å². The standard InChI is InChI=1S/C13H24N6O2/c1-3-7-21-13-16-11(18-14)15-12(17-13)19-6-4-5-10(8-19)9-20-2/h10H,3-9,14H2,1-2H3,(H,15,16,17,18). The highest BCUT2D eigenvalue weighted by atomic mass is 16.5. The van der Waals surface area contributed by atoms with Crippen molar-refractivity contribution < 1.29 is 9.47 Å². The van der Waals surface area contributed by atoms with E-state index in [2.05, 4.69) is 25.3 Å². The number of methoxy groups -OCH3 is 1. The molecule has 21 heavy (non-hydrogen) atoms. The summed E-state index contributed by atoms with van der Waals surface area (Å²) in [6, 6.07) is 0.309. The Bertz CT molecular complexity index is 443. The van der Waals surface area contributed by atoms with Gasteiger partial charge < -0.3 is 14.4 Å². The number of piperidine rings is 1. The second-order valence-corrected chi connectivity index (χ2v) is 5.14. The molecule has 1 saturated heterocycles. The third-order valence-corrected chi connectivity index (χ3v) is 3.37. The summed E-state index contributed by atoms with van der Waals surface area (Å²) in [6.07, 6.45) is 3.15. The Morgan fingerprint density at radius 1 is 1.38 bits per heavy atom. The average molecular weight is 296 g/mol. The quantitative estimate of drug-likeness (QED) is 0.563. The lowest BCUT2D eigenvalue weighted by Gasteiger charge is -2.32. The van der Waals surface area contributed by atoms with Crippen LogP contribution in [-0.2, 0) is 4.74 Å². The molecule has 0 aliphatic carbocycles. The van der Waals surface area contributed by atoms with Gasteiger partial charge in [-0.25, -0.2) is 5.84 Å². The molecular weight excluding hydrogens is 272 g/mol. The van der Waals surface area contributed by atoms with Crippen LogP contribution in [0.3, 0.4) is 0 Å². The Morgan fingerprint density at radius 3 is 2.95 bits per heavy atom. The summed E-state index contributed by atoms with van der Waals surface area (Å²) < 4.78 is 10.7. The molecule has 8 nitrogen and oxygen atoms in total. The molecule has 3 N–H and O–H groups in total. The number of rotatable bonds is 7. The first-order chi connectivity index (χ1) is 10.3. The summed E-state index contributed by atoms with van der Waals surface area (Å²) in [5, 5.41) is 0. The fraction of sp³-hybridized carbons (Fsp3) is 0.769. The predicted octanol–water partition coefficient (Wildman–Crippen LogP) is 0.809. The molecule has 2 rings (SSSR count). The van der Waals surface area contributed by atoms with E-state index in [1.54, 1.807) is 7.11 Å². The number of hydrazine groups is 1. The molecular formula is C13H24N6O2. The van der Waals surface area contributed by atoms with E-state index in [1.807, 2.05) is 6.92 Å². The monoisotopic (exact) mass is 296 g/mol. The number of nitrogens with one attached hydrogen (secondary N) is 1. The van der Waals surface area contributed by atoms with Crippen LogP contribution in [0.1, 0.15) is 26.2 Å². The molecule has 1 aliphatic heterocycles. The van der Waals surface area contributed by atoms with E-state index in [4.69, 9.17) is 15.3 Å². The van der Waals surface area contributed by atoms with E-state index < -0.39 is 0 Å². The Hall–Kier alpha value is -1.67. The fourth-order valence-electron chi connectivity index (χ4n) is 2.43. The molecule has 2 heterocycles. The van der Waals surface area contributed by atoms with Crippen LogP contribution in [0, 0.1) is 5.92 Å². The van der Waals surface area contributed by atoms with Gasteiger partial charge in [-0.1, -0.05) is 6.92 Å². The number of hydrogen-bond acceptors (Lipinski definition) is 8. The molecule has 118 valence electrons. The van der Waals surface area contributed by atoms with Gasteiger partial charge >= 0.3 is 6.01 Å². The largest absolute Gasteiger partial charge is 0.463 e. The van der Waals surface area contributed by atoms with Crippen LogP contribution in [0.25, 0.3) is 0 Å². The highest BCUT2D eigenvalue weighted by Gasteiger charge is 2.23. The van der Waals surface area contributed by atoms with Crippen molar-refractivity contribution in [3.8, 4) is 6.01 Å². The topological polar surface area (TPSA) is 98.4 Å². The Balaban J connectivity index is 2.13. The minimum atomic E-state index is 0.309. The lowest BCUT2D eigenvalue weighted by atomic mass is 9.99. The van der Waals surface area contributed by atoms with Crippen molar-refractivity contribution in [2.75, 3.05) is 43.7 Å². The van der Waals surface area contributed by atoms with E-state index in [1.165, 1.54) is 0 Å². The zero-order chi connectivity index (χ0) is 15.1. The van der Waals surface area contributed by atoms with Crippen molar-refractivity contribution in [1.29, 1.82) is 0 Å². The third-order valence-electron chi connectivity index (χ3n) is 3.37. The number of hydrogen-bond donors (Lipinski definition) is 2. The van der Waals surface area contributed by atoms with Gasteiger partial charge in [0.1, 0.15) is 0 Å². The highest BCUT2D eigenvalue weighted by Crippen LogP contribution is 2.22. The number of anilines is 2. The molecule has 1 unspecified atom stereocenters. The molecule has 0 bridgehead atoms. The minimum Gasteiger partial charge on any atom is -0.463 e. The molecule has 8 heteroatoms. The van der Waals surface area contributed by atoms with Gasteiger partial charge in [0.15, 0.2) is 0 Å². The first kappa shape index (κ1) is 15.7. The van der Waals surface area contributed by atoms with E-state index in [0.29, 0.717) is 30.4 Å². The maximum atomic E-state index is 5.49. The maximum absolute atomic E-state index is 5.49. The van der Waals surface area contributed by atoms with Crippen molar-refractivity contribution in [3.05, 3.63) is 0 Å².